The predicted octanol–water partition coefficient (Wildman–Crippen LogP) is 5.81. The lowest BCUT2D eigenvalue weighted by Gasteiger charge is -2.39. The van der Waals surface area contributed by atoms with Gasteiger partial charge in [0.2, 0.25) is 11.6 Å². The van der Waals surface area contributed by atoms with E-state index in [-0.39, 0.29) is 29.1 Å². The normalized spacial score (nSPS) is 13.1. The first-order valence-electron chi connectivity index (χ1n) is 9.42. The summed E-state index contributed by atoms with van der Waals surface area (Å²) in [5.74, 6) is -0.176. The number of carbonyl (C=O) groups excluding carboxylic acids is 1. The van der Waals surface area contributed by atoms with Crippen LogP contribution in [-0.2, 0) is 0 Å². The molecule has 0 atom stereocenters. The summed E-state index contributed by atoms with van der Waals surface area (Å²) in [7, 11) is 1.53. The van der Waals surface area contributed by atoms with Crippen molar-refractivity contribution in [1.82, 2.24) is 4.98 Å². The molecule has 3 aromatic rings. The fourth-order valence-electron chi connectivity index (χ4n) is 3.70. The summed E-state index contributed by atoms with van der Waals surface area (Å²) in [6, 6.07) is 11.0. The standard InChI is InChI=1S/C23H18ClFN4O2/c1-13-9-15(25)5-6-19(13)28-12-29(20-7-8-22(31-4)27-14(20)2)23(30)16-10-18(26-3)17(24)11-21(16)28/h5-11H,12H2,1-2,4H3. The van der Waals surface area contributed by atoms with E-state index in [1.54, 1.807) is 43.0 Å². The molecule has 0 fully saturated rings. The van der Waals surface area contributed by atoms with Crippen LogP contribution in [-0.4, -0.2) is 24.7 Å². The van der Waals surface area contributed by atoms with Crippen molar-refractivity contribution in [3.8, 4) is 5.88 Å². The maximum absolute atomic E-state index is 13.7. The second kappa shape index (κ2) is 7.89. The SMILES string of the molecule is [C-]#[N+]c1cc2c(cc1Cl)N(c1ccc(F)cc1C)CN(c1ccc(OC)nc1C)C2=O. The molecule has 0 bridgehead atoms. The van der Waals surface area contributed by atoms with Gasteiger partial charge in [0, 0.05) is 16.8 Å². The number of ether oxygens (including phenoxy) is 1. The number of hydrogen-bond donors (Lipinski definition) is 0. The fraction of sp³-hybridized carbons (Fsp3) is 0.174. The minimum absolute atomic E-state index is 0.168. The molecule has 1 aromatic heterocycles. The van der Waals surface area contributed by atoms with Gasteiger partial charge in [-0.05, 0) is 55.8 Å². The Kier molecular flexibility index (Phi) is 5.25. The van der Waals surface area contributed by atoms with Gasteiger partial charge in [0.1, 0.15) is 12.5 Å². The lowest BCUT2D eigenvalue weighted by molar-refractivity contribution is 0.0983. The molecule has 8 heteroatoms. The molecule has 0 saturated heterocycles. The number of benzene rings is 2. The minimum atomic E-state index is -0.344. The Balaban J connectivity index is 1.92. The van der Waals surface area contributed by atoms with Crippen molar-refractivity contribution in [1.29, 1.82) is 0 Å². The van der Waals surface area contributed by atoms with E-state index < -0.39 is 0 Å². The molecule has 4 rings (SSSR count). The van der Waals surface area contributed by atoms with Crippen molar-refractivity contribution in [3.63, 3.8) is 0 Å². The van der Waals surface area contributed by atoms with Crippen LogP contribution >= 0.6 is 11.6 Å². The molecule has 1 aliphatic rings. The second-order valence-corrected chi connectivity index (χ2v) is 7.53. The monoisotopic (exact) mass is 436 g/mol. The third-order valence-corrected chi connectivity index (χ3v) is 5.52. The van der Waals surface area contributed by atoms with Gasteiger partial charge in [0.15, 0.2) is 0 Å². The molecule has 0 N–H and O–H groups in total. The summed E-state index contributed by atoms with van der Waals surface area (Å²) in [6.45, 7) is 11.1. The first-order chi connectivity index (χ1) is 14.8. The van der Waals surface area contributed by atoms with E-state index in [4.69, 9.17) is 22.9 Å². The number of fused-ring (bicyclic) bond motifs is 1. The van der Waals surface area contributed by atoms with Crippen LogP contribution in [0.2, 0.25) is 5.02 Å². The van der Waals surface area contributed by atoms with E-state index in [9.17, 15) is 9.18 Å². The van der Waals surface area contributed by atoms with Crippen LogP contribution in [0.3, 0.4) is 0 Å². The molecule has 2 heterocycles. The van der Waals surface area contributed by atoms with Crippen molar-refractivity contribution in [2.75, 3.05) is 23.6 Å². The predicted molar refractivity (Wildman–Crippen MR) is 118 cm³/mol. The third kappa shape index (κ3) is 3.56. The van der Waals surface area contributed by atoms with E-state index in [1.165, 1.54) is 25.3 Å². The zero-order valence-corrected chi connectivity index (χ0v) is 17.9. The number of nitrogens with zero attached hydrogens (tertiary/aromatic N) is 4. The third-order valence-electron chi connectivity index (χ3n) is 5.22. The molecular formula is C23H18ClFN4O2. The molecule has 6 nitrogen and oxygen atoms in total. The number of methoxy groups -OCH3 is 1. The summed E-state index contributed by atoms with van der Waals surface area (Å²) in [6.07, 6.45) is 0. The first-order valence-corrected chi connectivity index (χ1v) is 9.80. The number of aryl methyl sites for hydroxylation is 2. The molecular weight excluding hydrogens is 419 g/mol. The Labute approximate surface area is 184 Å². The van der Waals surface area contributed by atoms with Gasteiger partial charge < -0.3 is 9.64 Å². The molecule has 0 spiro atoms. The molecule has 156 valence electrons. The smallest absolute Gasteiger partial charge is 0.260 e. The maximum Gasteiger partial charge on any atom is 0.260 e. The molecule has 0 radical (unpaired) electrons. The quantitative estimate of drug-likeness (QED) is 0.486. The number of amides is 1. The minimum Gasteiger partial charge on any atom is -0.481 e. The molecule has 0 aliphatic carbocycles. The zero-order chi connectivity index (χ0) is 22.3. The Bertz CT molecular complexity index is 1260. The fourth-order valence-corrected chi connectivity index (χ4v) is 3.90. The van der Waals surface area contributed by atoms with Crippen LogP contribution in [0.1, 0.15) is 21.6 Å². The Morgan fingerprint density at radius 1 is 1.10 bits per heavy atom. The molecule has 0 unspecified atom stereocenters. The van der Waals surface area contributed by atoms with Crippen LogP contribution in [0.5, 0.6) is 5.88 Å². The van der Waals surface area contributed by atoms with Crippen molar-refractivity contribution in [2.45, 2.75) is 13.8 Å². The molecule has 0 saturated carbocycles. The van der Waals surface area contributed by atoms with E-state index in [0.29, 0.717) is 34.1 Å². The van der Waals surface area contributed by atoms with E-state index in [0.717, 1.165) is 5.69 Å². The van der Waals surface area contributed by atoms with Crippen LogP contribution in [0.15, 0.2) is 42.5 Å². The highest BCUT2D eigenvalue weighted by Gasteiger charge is 2.33. The van der Waals surface area contributed by atoms with Gasteiger partial charge in [-0.25, -0.2) is 14.2 Å². The highest BCUT2D eigenvalue weighted by molar-refractivity contribution is 6.34. The summed E-state index contributed by atoms with van der Waals surface area (Å²) in [5, 5.41) is 0.252. The second-order valence-electron chi connectivity index (χ2n) is 7.12. The van der Waals surface area contributed by atoms with Gasteiger partial charge in [-0.1, -0.05) is 11.6 Å². The molecule has 1 aliphatic heterocycles. The van der Waals surface area contributed by atoms with Gasteiger partial charge in [-0.15, -0.1) is 0 Å². The van der Waals surface area contributed by atoms with Crippen molar-refractivity contribution >= 4 is 40.3 Å². The van der Waals surface area contributed by atoms with Crippen molar-refractivity contribution in [3.05, 3.63) is 81.5 Å². The van der Waals surface area contributed by atoms with Crippen LogP contribution < -0.4 is 14.5 Å². The summed E-state index contributed by atoms with van der Waals surface area (Å²) in [4.78, 5) is 24.7. The average molecular weight is 437 g/mol. The molecule has 31 heavy (non-hydrogen) atoms. The van der Waals surface area contributed by atoms with Crippen LogP contribution in [0.25, 0.3) is 4.85 Å². The molecule has 2 aromatic carbocycles. The number of rotatable bonds is 3. The highest BCUT2D eigenvalue weighted by Crippen LogP contribution is 2.42. The summed E-state index contributed by atoms with van der Waals surface area (Å²) < 4.78 is 18.9. The van der Waals surface area contributed by atoms with Crippen LogP contribution in [0.4, 0.5) is 27.1 Å². The number of carbonyl (C=O) groups is 1. The largest absolute Gasteiger partial charge is 0.481 e. The lowest BCUT2D eigenvalue weighted by atomic mass is 10.0. The number of pyridine rings is 1. The lowest BCUT2D eigenvalue weighted by Crippen LogP contribution is -2.45. The van der Waals surface area contributed by atoms with Crippen molar-refractivity contribution < 1.29 is 13.9 Å². The number of anilines is 3. The van der Waals surface area contributed by atoms with Gasteiger partial charge in [0.05, 0.1) is 36.3 Å². The van der Waals surface area contributed by atoms with Crippen LogP contribution in [0, 0.1) is 26.2 Å². The molecule has 1 amide bonds. The van der Waals surface area contributed by atoms with Gasteiger partial charge >= 0.3 is 0 Å². The number of hydrogen-bond acceptors (Lipinski definition) is 4. The van der Waals surface area contributed by atoms with Crippen molar-refractivity contribution in [2.24, 2.45) is 0 Å². The number of halogens is 2. The Morgan fingerprint density at radius 3 is 2.48 bits per heavy atom. The van der Waals surface area contributed by atoms with E-state index >= 15 is 0 Å². The van der Waals surface area contributed by atoms with E-state index in [2.05, 4.69) is 9.83 Å². The Hall–Kier alpha value is -3.63. The first kappa shape index (κ1) is 20.6. The number of aromatic nitrogens is 1. The van der Waals surface area contributed by atoms with Gasteiger partial charge in [-0.3, -0.25) is 9.69 Å². The topological polar surface area (TPSA) is 50.0 Å². The summed E-state index contributed by atoms with van der Waals surface area (Å²) >= 11 is 6.29. The average Bonchev–Trinajstić information content (AvgIpc) is 2.74. The maximum atomic E-state index is 13.7. The summed E-state index contributed by atoms with van der Waals surface area (Å²) in [5.41, 5.74) is 3.75. The van der Waals surface area contributed by atoms with Gasteiger partial charge in [0.25, 0.3) is 5.91 Å². The Morgan fingerprint density at radius 2 is 1.84 bits per heavy atom. The zero-order valence-electron chi connectivity index (χ0n) is 17.1. The van der Waals surface area contributed by atoms with E-state index in [1.807, 2.05) is 4.90 Å². The highest BCUT2D eigenvalue weighted by atomic mass is 35.5. The van der Waals surface area contributed by atoms with Gasteiger partial charge in [-0.2, -0.15) is 0 Å².